The first-order chi connectivity index (χ1) is 9.22. The zero-order valence-electron chi connectivity index (χ0n) is 11.1. The first-order valence-electron chi connectivity index (χ1n) is 6.57. The molecule has 2 rings (SSSR count). The van der Waals surface area contributed by atoms with Crippen molar-refractivity contribution in [1.29, 1.82) is 0 Å². The Kier molecular flexibility index (Phi) is 4.39. The highest BCUT2D eigenvalue weighted by atomic mass is 16.5. The number of hydrogen-bond acceptors (Lipinski definition) is 2. The minimum absolute atomic E-state index is 0.189. The molecule has 0 spiro atoms. The summed E-state index contributed by atoms with van der Waals surface area (Å²) >= 11 is 0. The van der Waals surface area contributed by atoms with Gasteiger partial charge in [0.05, 0.1) is 6.61 Å². The van der Waals surface area contributed by atoms with Crippen molar-refractivity contribution in [3.8, 4) is 5.75 Å². The quantitative estimate of drug-likeness (QED) is 0.860. The smallest absolute Gasteiger partial charge is 0.303 e. The van der Waals surface area contributed by atoms with Crippen LogP contribution in [0.5, 0.6) is 5.75 Å². The molecule has 0 bridgehead atoms. The summed E-state index contributed by atoms with van der Waals surface area (Å²) in [5, 5.41) is 11.1. The number of aryl methyl sites for hydroxylation is 1. The van der Waals surface area contributed by atoms with Gasteiger partial charge >= 0.3 is 5.97 Å². The van der Waals surface area contributed by atoms with E-state index in [1.165, 1.54) is 0 Å². The average Bonchev–Trinajstić information content (AvgIpc) is 2.40. The normalized spacial score (nSPS) is 10.6. The van der Waals surface area contributed by atoms with Crippen molar-refractivity contribution in [3.63, 3.8) is 0 Å². The van der Waals surface area contributed by atoms with E-state index in [1.807, 2.05) is 31.2 Å². The van der Waals surface area contributed by atoms with Crippen molar-refractivity contribution >= 4 is 16.7 Å². The van der Waals surface area contributed by atoms with Gasteiger partial charge in [-0.05, 0) is 36.6 Å². The molecule has 2 aromatic rings. The average molecular weight is 258 g/mol. The van der Waals surface area contributed by atoms with E-state index in [9.17, 15) is 4.79 Å². The van der Waals surface area contributed by atoms with Crippen LogP contribution in [0.3, 0.4) is 0 Å². The lowest BCUT2D eigenvalue weighted by atomic mass is 9.99. The minimum Gasteiger partial charge on any atom is -0.494 e. The molecule has 0 aromatic heterocycles. The zero-order valence-corrected chi connectivity index (χ0v) is 11.1. The number of carbonyl (C=O) groups is 1. The van der Waals surface area contributed by atoms with Gasteiger partial charge in [-0.15, -0.1) is 0 Å². The van der Waals surface area contributed by atoms with Crippen LogP contribution in [0.4, 0.5) is 0 Å². The molecule has 0 aliphatic carbocycles. The van der Waals surface area contributed by atoms with Crippen LogP contribution in [0.2, 0.25) is 0 Å². The number of benzene rings is 2. The predicted octanol–water partition coefficient (Wildman–Crippen LogP) is 3.65. The SMILES string of the molecule is CCOc1ccc2ccccc2c1CCCC(=O)O. The number of carboxylic acids is 1. The van der Waals surface area contributed by atoms with Crippen LogP contribution in [0, 0.1) is 0 Å². The van der Waals surface area contributed by atoms with Crippen molar-refractivity contribution < 1.29 is 14.6 Å². The Morgan fingerprint density at radius 2 is 2.00 bits per heavy atom. The highest BCUT2D eigenvalue weighted by Crippen LogP contribution is 2.29. The standard InChI is InChI=1S/C16H18O3/c1-2-19-15-11-10-12-6-3-4-7-13(12)14(15)8-5-9-16(17)18/h3-4,6-7,10-11H,2,5,8-9H2,1H3,(H,17,18). The second-order valence-electron chi connectivity index (χ2n) is 4.44. The fourth-order valence-electron chi connectivity index (χ4n) is 2.28. The molecule has 0 aliphatic heterocycles. The second-order valence-corrected chi connectivity index (χ2v) is 4.44. The Balaban J connectivity index is 2.34. The Morgan fingerprint density at radius 1 is 1.21 bits per heavy atom. The van der Waals surface area contributed by atoms with Crippen molar-refractivity contribution in [2.24, 2.45) is 0 Å². The van der Waals surface area contributed by atoms with Crippen LogP contribution in [0.25, 0.3) is 10.8 Å². The predicted molar refractivity (Wildman–Crippen MR) is 75.7 cm³/mol. The molecule has 0 saturated carbocycles. The number of rotatable bonds is 6. The van der Waals surface area contributed by atoms with Gasteiger partial charge in [-0.25, -0.2) is 0 Å². The molecule has 0 atom stereocenters. The molecular weight excluding hydrogens is 240 g/mol. The number of carboxylic acid groups (broad SMARTS) is 1. The Labute approximate surface area is 112 Å². The molecule has 100 valence electrons. The lowest BCUT2D eigenvalue weighted by molar-refractivity contribution is -0.137. The third kappa shape index (κ3) is 3.25. The Morgan fingerprint density at radius 3 is 2.74 bits per heavy atom. The van der Waals surface area contributed by atoms with Crippen LogP contribution < -0.4 is 4.74 Å². The fraction of sp³-hybridized carbons (Fsp3) is 0.312. The molecule has 0 aliphatic rings. The number of fused-ring (bicyclic) bond motifs is 1. The molecule has 3 nitrogen and oxygen atoms in total. The molecule has 0 fully saturated rings. The molecule has 0 saturated heterocycles. The van der Waals surface area contributed by atoms with E-state index in [4.69, 9.17) is 9.84 Å². The van der Waals surface area contributed by atoms with Crippen LogP contribution in [0.1, 0.15) is 25.3 Å². The van der Waals surface area contributed by atoms with Gasteiger partial charge in [0.15, 0.2) is 0 Å². The highest BCUT2D eigenvalue weighted by Gasteiger charge is 2.09. The van der Waals surface area contributed by atoms with Gasteiger partial charge in [-0.1, -0.05) is 30.3 Å². The molecule has 0 amide bonds. The minimum atomic E-state index is -0.752. The molecular formula is C16H18O3. The third-order valence-electron chi connectivity index (χ3n) is 3.11. The number of hydrogen-bond donors (Lipinski definition) is 1. The van der Waals surface area contributed by atoms with E-state index in [1.54, 1.807) is 0 Å². The van der Waals surface area contributed by atoms with Crippen molar-refractivity contribution in [2.45, 2.75) is 26.2 Å². The molecule has 0 heterocycles. The molecule has 1 N–H and O–H groups in total. The fourth-order valence-corrected chi connectivity index (χ4v) is 2.28. The summed E-state index contributed by atoms with van der Waals surface area (Å²) in [7, 11) is 0. The van der Waals surface area contributed by atoms with Crippen molar-refractivity contribution in [3.05, 3.63) is 42.0 Å². The monoisotopic (exact) mass is 258 g/mol. The van der Waals surface area contributed by atoms with Gasteiger partial charge in [-0.3, -0.25) is 4.79 Å². The maximum Gasteiger partial charge on any atom is 0.303 e. The first-order valence-corrected chi connectivity index (χ1v) is 6.57. The summed E-state index contributed by atoms with van der Waals surface area (Å²) < 4.78 is 5.66. The summed E-state index contributed by atoms with van der Waals surface area (Å²) in [6.45, 7) is 2.57. The summed E-state index contributed by atoms with van der Waals surface area (Å²) in [5.74, 6) is 0.116. The Bertz CT molecular complexity index is 575. The van der Waals surface area contributed by atoms with Gasteiger partial charge in [0, 0.05) is 12.0 Å². The van der Waals surface area contributed by atoms with Crippen molar-refractivity contribution in [1.82, 2.24) is 0 Å². The topological polar surface area (TPSA) is 46.5 Å². The van der Waals surface area contributed by atoms with E-state index in [0.29, 0.717) is 13.0 Å². The van der Waals surface area contributed by atoms with E-state index < -0.39 is 5.97 Å². The molecule has 0 unspecified atom stereocenters. The molecule has 19 heavy (non-hydrogen) atoms. The van der Waals surface area contributed by atoms with E-state index >= 15 is 0 Å². The molecule has 3 heteroatoms. The molecule has 0 radical (unpaired) electrons. The van der Waals surface area contributed by atoms with Gasteiger partial charge < -0.3 is 9.84 Å². The van der Waals surface area contributed by atoms with Gasteiger partial charge in [0.25, 0.3) is 0 Å². The van der Waals surface area contributed by atoms with E-state index in [0.717, 1.165) is 28.5 Å². The Hall–Kier alpha value is -2.03. The molecule has 2 aromatic carbocycles. The van der Waals surface area contributed by atoms with Gasteiger partial charge in [-0.2, -0.15) is 0 Å². The maximum atomic E-state index is 10.6. The largest absolute Gasteiger partial charge is 0.494 e. The highest BCUT2D eigenvalue weighted by molar-refractivity contribution is 5.87. The van der Waals surface area contributed by atoms with E-state index in [-0.39, 0.29) is 6.42 Å². The summed E-state index contributed by atoms with van der Waals surface area (Å²) in [5.41, 5.74) is 1.11. The summed E-state index contributed by atoms with van der Waals surface area (Å²) in [4.78, 5) is 10.6. The van der Waals surface area contributed by atoms with E-state index in [2.05, 4.69) is 12.1 Å². The van der Waals surface area contributed by atoms with Crippen LogP contribution >= 0.6 is 0 Å². The van der Waals surface area contributed by atoms with Crippen molar-refractivity contribution in [2.75, 3.05) is 6.61 Å². The van der Waals surface area contributed by atoms with Gasteiger partial charge in [0.1, 0.15) is 5.75 Å². The lowest BCUT2D eigenvalue weighted by Gasteiger charge is -2.13. The third-order valence-corrected chi connectivity index (χ3v) is 3.11. The second kappa shape index (κ2) is 6.23. The number of aliphatic carboxylic acids is 1. The van der Waals surface area contributed by atoms with Gasteiger partial charge in [0.2, 0.25) is 0 Å². The van der Waals surface area contributed by atoms with Crippen LogP contribution in [-0.2, 0) is 11.2 Å². The lowest BCUT2D eigenvalue weighted by Crippen LogP contribution is -2.00. The summed E-state index contributed by atoms with van der Waals surface area (Å²) in [6, 6.07) is 12.1. The maximum absolute atomic E-state index is 10.6. The van der Waals surface area contributed by atoms with Crippen LogP contribution in [-0.4, -0.2) is 17.7 Å². The zero-order chi connectivity index (χ0) is 13.7. The van der Waals surface area contributed by atoms with Crippen LogP contribution in [0.15, 0.2) is 36.4 Å². The first kappa shape index (κ1) is 13.4. The summed E-state index contributed by atoms with van der Waals surface area (Å²) in [6.07, 6.45) is 1.54. The number of ether oxygens (including phenoxy) is 1.